The van der Waals surface area contributed by atoms with Crippen LogP contribution < -0.4 is 5.84 Å². The number of carbonyl (C=O) groups is 1. The van der Waals surface area contributed by atoms with Gasteiger partial charge < -0.3 is 10.9 Å². The molecule has 0 amide bonds. The lowest BCUT2D eigenvalue weighted by molar-refractivity contribution is -0.136. The number of hydrogen-bond acceptors (Lipinski definition) is 5. The van der Waals surface area contributed by atoms with Gasteiger partial charge in [0, 0.05) is 11.7 Å². The Bertz CT molecular complexity index is 375. The Labute approximate surface area is 90.8 Å². The molecule has 1 saturated carbocycles. The first-order valence-electron chi connectivity index (χ1n) is 4.73. The largest absolute Gasteiger partial charge is 0.481 e. The predicted octanol–water partition coefficient (Wildman–Crippen LogP) is 0.436. The zero-order valence-electron chi connectivity index (χ0n) is 8.09. The molecular weight excluding hydrogens is 216 g/mol. The van der Waals surface area contributed by atoms with Gasteiger partial charge in [-0.3, -0.25) is 4.79 Å². The van der Waals surface area contributed by atoms with Gasteiger partial charge in [0.25, 0.3) is 0 Å². The Balaban J connectivity index is 1.93. The van der Waals surface area contributed by atoms with Gasteiger partial charge in [-0.25, -0.2) is 4.68 Å². The monoisotopic (exact) mass is 228 g/mol. The summed E-state index contributed by atoms with van der Waals surface area (Å²) in [6.07, 6.45) is 2.35. The molecule has 2 rings (SSSR count). The second kappa shape index (κ2) is 4.09. The van der Waals surface area contributed by atoms with Gasteiger partial charge in [0.1, 0.15) is 0 Å². The molecule has 1 aromatic rings. The molecular formula is C8H12N4O2S. The zero-order chi connectivity index (χ0) is 10.8. The Morgan fingerprint density at radius 1 is 1.60 bits per heavy atom. The van der Waals surface area contributed by atoms with Crippen LogP contribution in [0.4, 0.5) is 0 Å². The van der Waals surface area contributed by atoms with Gasteiger partial charge in [-0.05, 0) is 12.8 Å². The van der Waals surface area contributed by atoms with Crippen molar-refractivity contribution in [2.45, 2.75) is 30.3 Å². The first-order chi connectivity index (χ1) is 7.18. The summed E-state index contributed by atoms with van der Waals surface area (Å²) in [5.74, 6) is 6.71. The summed E-state index contributed by atoms with van der Waals surface area (Å²) >= 11 is 1.32. The fourth-order valence-electron chi connectivity index (χ4n) is 1.24. The molecule has 6 nitrogen and oxygen atoms in total. The SMILES string of the molecule is Nn1c(SCCC(=O)O)nnc1C1CC1. The van der Waals surface area contributed by atoms with E-state index in [0.717, 1.165) is 18.7 Å². The molecule has 1 aliphatic rings. The standard InChI is InChI=1S/C8H12N4O2S/c9-12-7(5-1-2-5)10-11-8(12)15-4-3-6(13)14/h5H,1-4,9H2,(H,13,14). The molecule has 0 saturated heterocycles. The molecule has 1 fully saturated rings. The molecule has 0 aromatic carbocycles. The number of nitrogens with two attached hydrogens (primary N) is 1. The summed E-state index contributed by atoms with van der Waals surface area (Å²) in [5.41, 5.74) is 0. The molecule has 1 aliphatic carbocycles. The smallest absolute Gasteiger partial charge is 0.304 e. The molecule has 0 unspecified atom stereocenters. The van der Waals surface area contributed by atoms with Crippen LogP contribution in [0.25, 0.3) is 0 Å². The minimum atomic E-state index is -0.812. The normalized spacial score (nSPS) is 15.5. The number of aromatic nitrogens is 3. The molecule has 82 valence electrons. The second-order valence-corrected chi connectivity index (χ2v) is 4.54. The number of aliphatic carboxylic acids is 1. The number of thioether (sulfide) groups is 1. The van der Waals surface area contributed by atoms with Crippen molar-refractivity contribution in [1.82, 2.24) is 14.9 Å². The molecule has 0 radical (unpaired) electrons. The maximum Gasteiger partial charge on any atom is 0.304 e. The number of carboxylic acid groups (broad SMARTS) is 1. The topological polar surface area (TPSA) is 94.0 Å². The van der Waals surface area contributed by atoms with Gasteiger partial charge >= 0.3 is 5.97 Å². The Morgan fingerprint density at radius 3 is 2.93 bits per heavy atom. The van der Waals surface area contributed by atoms with E-state index < -0.39 is 5.97 Å². The van der Waals surface area contributed by atoms with Crippen LogP contribution in [0.3, 0.4) is 0 Å². The lowest BCUT2D eigenvalue weighted by Gasteiger charge is -2.00. The van der Waals surface area contributed by atoms with Crippen LogP contribution in [0.2, 0.25) is 0 Å². The van der Waals surface area contributed by atoms with E-state index >= 15 is 0 Å². The third-order valence-electron chi connectivity index (χ3n) is 2.18. The van der Waals surface area contributed by atoms with Gasteiger partial charge in [0.05, 0.1) is 6.42 Å². The molecule has 1 aromatic heterocycles. The Hall–Kier alpha value is -1.24. The average molecular weight is 228 g/mol. The molecule has 0 bridgehead atoms. The minimum absolute atomic E-state index is 0.107. The molecule has 3 N–H and O–H groups in total. The van der Waals surface area contributed by atoms with E-state index in [1.54, 1.807) is 0 Å². The van der Waals surface area contributed by atoms with Crippen LogP contribution in [0.5, 0.6) is 0 Å². The molecule has 0 atom stereocenters. The van der Waals surface area contributed by atoms with Crippen LogP contribution in [0, 0.1) is 0 Å². The Morgan fingerprint density at radius 2 is 2.33 bits per heavy atom. The number of hydrogen-bond donors (Lipinski definition) is 2. The highest BCUT2D eigenvalue weighted by molar-refractivity contribution is 7.99. The predicted molar refractivity (Wildman–Crippen MR) is 55.1 cm³/mol. The summed E-state index contributed by atoms with van der Waals surface area (Å²) in [6, 6.07) is 0. The summed E-state index contributed by atoms with van der Waals surface area (Å²) in [7, 11) is 0. The van der Waals surface area contributed by atoms with Gasteiger partial charge in [-0.15, -0.1) is 10.2 Å². The van der Waals surface area contributed by atoms with Crippen molar-refractivity contribution in [2.75, 3.05) is 11.6 Å². The summed E-state index contributed by atoms with van der Waals surface area (Å²) in [6.45, 7) is 0. The van der Waals surface area contributed by atoms with E-state index in [1.807, 2.05) is 0 Å². The number of nitrogen functional groups attached to an aromatic ring is 1. The van der Waals surface area contributed by atoms with Crippen LogP contribution in [0.1, 0.15) is 31.0 Å². The number of nitrogens with zero attached hydrogens (tertiary/aromatic N) is 3. The van der Waals surface area contributed by atoms with Gasteiger partial charge in [0.15, 0.2) is 5.82 Å². The fraction of sp³-hybridized carbons (Fsp3) is 0.625. The van der Waals surface area contributed by atoms with Crippen molar-refractivity contribution in [3.63, 3.8) is 0 Å². The van der Waals surface area contributed by atoms with Gasteiger partial charge in [-0.2, -0.15) is 0 Å². The van der Waals surface area contributed by atoms with E-state index in [1.165, 1.54) is 16.4 Å². The van der Waals surface area contributed by atoms with E-state index in [-0.39, 0.29) is 6.42 Å². The minimum Gasteiger partial charge on any atom is -0.481 e. The fourth-order valence-corrected chi connectivity index (χ4v) is 2.03. The summed E-state index contributed by atoms with van der Waals surface area (Å²) in [4.78, 5) is 10.3. The molecule has 15 heavy (non-hydrogen) atoms. The molecule has 0 aliphatic heterocycles. The summed E-state index contributed by atoms with van der Waals surface area (Å²) in [5, 5.41) is 17.0. The first kappa shape index (κ1) is 10.3. The van der Waals surface area contributed by atoms with Crippen molar-refractivity contribution in [2.24, 2.45) is 0 Å². The molecule has 1 heterocycles. The van der Waals surface area contributed by atoms with E-state index in [4.69, 9.17) is 10.9 Å². The highest BCUT2D eigenvalue weighted by atomic mass is 32.2. The second-order valence-electron chi connectivity index (χ2n) is 3.48. The zero-order valence-corrected chi connectivity index (χ0v) is 8.90. The number of carboxylic acids is 1. The highest BCUT2D eigenvalue weighted by Crippen LogP contribution is 2.39. The van der Waals surface area contributed by atoms with Gasteiger partial charge in [0.2, 0.25) is 5.16 Å². The van der Waals surface area contributed by atoms with Crippen LogP contribution in [-0.2, 0) is 4.79 Å². The third-order valence-corrected chi connectivity index (χ3v) is 3.13. The maximum absolute atomic E-state index is 10.3. The van der Waals surface area contributed by atoms with Crippen molar-refractivity contribution in [3.05, 3.63) is 5.82 Å². The van der Waals surface area contributed by atoms with Crippen molar-refractivity contribution >= 4 is 17.7 Å². The van der Waals surface area contributed by atoms with Crippen LogP contribution in [0.15, 0.2) is 5.16 Å². The Kier molecular flexibility index (Phi) is 2.81. The lowest BCUT2D eigenvalue weighted by atomic mass is 10.4. The van der Waals surface area contributed by atoms with Crippen molar-refractivity contribution < 1.29 is 9.90 Å². The van der Waals surface area contributed by atoms with Crippen LogP contribution >= 0.6 is 11.8 Å². The quantitative estimate of drug-likeness (QED) is 0.561. The maximum atomic E-state index is 10.3. The highest BCUT2D eigenvalue weighted by Gasteiger charge is 2.29. The first-order valence-corrected chi connectivity index (χ1v) is 5.72. The van der Waals surface area contributed by atoms with E-state index in [0.29, 0.717) is 16.8 Å². The van der Waals surface area contributed by atoms with Crippen molar-refractivity contribution in [1.29, 1.82) is 0 Å². The van der Waals surface area contributed by atoms with Gasteiger partial charge in [-0.1, -0.05) is 11.8 Å². The third kappa shape index (κ3) is 2.41. The molecule has 7 heteroatoms. The lowest BCUT2D eigenvalue weighted by Crippen LogP contribution is -2.13. The summed E-state index contributed by atoms with van der Waals surface area (Å²) < 4.78 is 1.48. The van der Waals surface area contributed by atoms with Crippen LogP contribution in [-0.4, -0.2) is 31.7 Å². The van der Waals surface area contributed by atoms with E-state index in [2.05, 4.69) is 10.2 Å². The van der Waals surface area contributed by atoms with Crippen molar-refractivity contribution in [3.8, 4) is 0 Å². The average Bonchev–Trinajstić information content (AvgIpc) is 2.94. The number of rotatable bonds is 5. The van der Waals surface area contributed by atoms with E-state index in [9.17, 15) is 4.79 Å². The molecule has 0 spiro atoms.